The minimum Gasteiger partial charge on any atom is -0.313 e. The van der Waals surface area contributed by atoms with Gasteiger partial charge in [-0.15, -0.1) is 0 Å². The highest BCUT2D eigenvalue weighted by molar-refractivity contribution is 4.90. The van der Waals surface area contributed by atoms with Crippen LogP contribution in [-0.2, 0) is 0 Å². The molecule has 17 heavy (non-hydrogen) atoms. The quantitative estimate of drug-likeness (QED) is 0.713. The van der Waals surface area contributed by atoms with E-state index in [9.17, 15) is 0 Å². The van der Waals surface area contributed by atoms with Crippen molar-refractivity contribution < 1.29 is 0 Å². The molecule has 102 valence electrons. The second-order valence-corrected chi connectivity index (χ2v) is 6.81. The Morgan fingerprint density at radius 1 is 1.24 bits per heavy atom. The predicted octanol–water partition coefficient (Wildman–Crippen LogP) is 4.62. The Kier molecular flexibility index (Phi) is 5.99. The first-order valence-corrected chi connectivity index (χ1v) is 7.74. The molecule has 1 nitrogen and oxygen atoms in total. The highest BCUT2D eigenvalue weighted by atomic mass is 14.9. The molecule has 0 spiro atoms. The van der Waals surface area contributed by atoms with Crippen LogP contribution >= 0.6 is 0 Å². The molecule has 0 aromatic rings. The molecule has 3 atom stereocenters. The van der Waals surface area contributed by atoms with Crippen molar-refractivity contribution in [1.82, 2.24) is 5.32 Å². The first-order valence-electron chi connectivity index (χ1n) is 7.74. The van der Waals surface area contributed by atoms with Crippen LogP contribution in [0.25, 0.3) is 0 Å². The highest BCUT2D eigenvalue weighted by Gasteiger charge is 2.35. The smallest absolute Gasteiger partial charge is 0.0146 e. The van der Waals surface area contributed by atoms with Gasteiger partial charge in [0.2, 0.25) is 0 Å². The molecule has 0 saturated heterocycles. The van der Waals surface area contributed by atoms with Crippen LogP contribution in [0.4, 0.5) is 0 Å². The molecule has 1 aliphatic rings. The zero-order chi connectivity index (χ0) is 12.9. The zero-order valence-corrected chi connectivity index (χ0v) is 12.7. The van der Waals surface area contributed by atoms with E-state index in [1.165, 1.54) is 45.1 Å². The van der Waals surface area contributed by atoms with Gasteiger partial charge in [0.25, 0.3) is 0 Å². The van der Waals surface area contributed by atoms with Crippen molar-refractivity contribution in [2.45, 2.75) is 79.2 Å². The van der Waals surface area contributed by atoms with Crippen LogP contribution in [0.2, 0.25) is 0 Å². The van der Waals surface area contributed by atoms with Crippen LogP contribution in [0.1, 0.15) is 73.1 Å². The van der Waals surface area contributed by atoms with E-state index in [2.05, 4.69) is 39.9 Å². The van der Waals surface area contributed by atoms with E-state index in [0.29, 0.717) is 5.41 Å². The van der Waals surface area contributed by atoms with Crippen LogP contribution in [0, 0.1) is 17.3 Å². The summed E-state index contributed by atoms with van der Waals surface area (Å²) in [6.45, 7) is 13.1. The van der Waals surface area contributed by atoms with Crippen molar-refractivity contribution in [3.05, 3.63) is 0 Å². The third-order valence-corrected chi connectivity index (χ3v) is 4.82. The predicted molar refractivity (Wildman–Crippen MR) is 77.3 cm³/mol. The number of hydrogen-bond donors (Lipinski definition) is 1. The second kappa shape index (κ2) is 6.78. The molecule has 0 aromatic carbocycles. The summed E-state index contributed by atoms with van der Waals surface area (Å²) in [6, 6.07) is 0.718. The average molecular weight is 239 g/mol. The van der Waals surface area contributed by atoms with Crippen LogP contribution in [0.15, 0.2) is 0 Å². The molecule has 1 saturated carbocycles. The summed E-state index contributed by atoms with van der Waals surface area (Å²) in [5, 5.41) is 3.85. The molecule has 0 aliphatic heterocycles. The molecule has 0 heterocycles. The Bertz CT molecular complexity index is 210. The summed E-state index contributed by atoms with van der Waals surface area (Å²) in [6.07, 6.45) is 8.29. The summed E-state index contributed by atoms with van der Waals surface area (Å²) in [5.41, 5.74) is 0.441. The fraction of sp³-hybridized carbons (Fsp3) is 1.00. The zero-order valence-electron chi connectivity index (χ0n) is 12.7. The van der Waals surface area contributed by atoms with E-state index in [-0.39, 0.29) is 0 Å². The van der Waals surface area contributed by atoms with E-state index in [0.717, 1.165) is 17.9 Å². The number of rotatable bonds is 6. The standard InChI is InChI=1S/C16H33N/c1-6-11-17-15(16(4,5)7-2)14-10-8-9-13(3)12-14/h13-15,17H,6-12H2,1-5H3. The van der Waals surface area contributed by atoms with Crippen LogP contribution in [0.5, 0.6) is 0 Å². The van der Waals surface area contributed by atoms with Gasteiger partial charge in [0, 0.05) is 6.04 Å². The lowest BCUT2D eigenvalue weighted by molar-refractivity contribution is 0.121. The van der Waals surface area contributed by atoms with Gasteiger partial charge in [0.1, 0.15) is 0 Å². The van der Waals surface area contributed by atoms with Crippen molar-refractivity contribution in [2.75, 3.05) is 6.54 Å². The van der Waals surface area contributed by atoms with E-state index in [4.69, 9.17) is 0 Å². The molecule has 3 unspecified atom stereocenters. The molecule has 1 rings (SSSR count). The van der Waals surface area contributed by atoms with Gasteiger partial charge in [-0.25, -0.2) is 0 Å². The minimum absolute atomic E-state index is 0.441. The SMILES string of the molecule is CCCNC(C1CCCC(C)C1)C(C)(C)CC. The van der Waals surface area contributed by atoms with Gasteiger partial charge in [0.05, 0.1) is 0 Å². The summed E-state index contributed by atoms with van der Waals surface area (Å²) >= 11 is 0. The van der Waals surface area contributed by atoms with E-state index in [1.54, 1.807) is 0 Å². The molecule has 0 aromatic heterocycles. The summed E-state index contributed by atoms with van der Waals surface area (Å²) in [5.74, 6) is 1.84. The topological polar surface area (TPSA) is 12.0 Å². The first kappa shape index (κ1) is 15.0. The lowest BCUT2D eigenvalue weighted by atomic mass is 9.69. The van der Waals surface area contributed by atoms with Gasteiger partial charge >= 0.3 is 0 Å². The molecule has 1 heteroatoms. The summed E-state index contributed by atoms with van der Waals surface area (Å²) < 4.78 is 0. The normalized spacial score (nSPS) is 28.1. The fourth-order valence-corrected chi connectivity index (χ4v) is 3.38. The van der Waals surface area contributed by atoms with Gasteiger partial charge in [0.15, 0.2) is 0 Å². The van der Waals surface area contributed by atoms with E-state index >= 15 is 0 Å². The minimum atomic E-state index is 0.441. The Hall–Kier alpha value is -0.0400. The summed E-state index contributed by atoms with van der Waals surface area (Å²) in [4.78, 5) is 0. The van der Waals surface area contributed by atoms with Gasteiger partial charge in [-0.05, 0) is 49.5 Å². The summed E-state index contributed by atoms with van der Waals surface area (Å²) in [7, 11) is 0. The molecule has 0 radical (unpaired) electrons. The molecular weight excluding hydrogens is 206 g/mol. The van der Waals surface area contributed by atoms with Crippen molar-refractivity contribution in [3.63, 3.8) is 0 Å². The molecule has 0 bridgehead atoms. The van der Waals surface area contributed by atoms with Crippen LogP contribution in [0.3, 0.4) is 0 Å². The lowest BCUT2D eigenvalue weighted by Gasteiger charge is -2.43. The second-order valence-electron chi connectivity index (χ2n) is 6.81. The third-order valence-electron chi connectivity index (χ3n) is 4.82. The Morgan fingerprint density at radius 3 is 2.47 bits per heavy atom. The van der Waals surface area contributed by atoms with Crippen molar-refractivity contribution >= 4 is 0 Å². The number of hydrogen-bond acceptors (Lipinski definition) is 1. The van der Waals surface area contributed by atoms with Crippen LogP contribution in [-0.4, -0.2) is 12.6 Å². The van der Waals surface area contributed by atoms with Gasteiger partial charge in [-0.1, -0.05) is 47.5 Å². The fourth-order valence-electron chi connectivity index (χ4n) is 3.38. The molecule has 1 fully saturated rings. The largest absolute Gasteiger partial charge is 0.313 e. The number of nitrogens with one attached hydrogen (secondary N) is 1. The van der Waals surface area contributed by atoms with E-state index < -0.39 is 0 Å². The maximum Gasteiger partial charge on any atom is 0.0146 e. The van der Waals surface area contributed by atoms with E-state index in [1.807, 2.05) is 0 Å². The van der Waals surface area contributed by atoms with Crippen molar-refractivity contribution in [3.8, 4) is 0 Å². The first-order chi connectivity index (χ1) is 8.01. The van der Waals surface area contributed by atoms with Crippen molar-refractivity contribution in [2.24, 2.45) is 17.3 Å². The Balaban J connectivity index is 2.67. The maximum absolute atomic E-state index is 3.85. The average Bonchev–Trinajstić information content (AvgIpc) is 2.29. The maximum atomic E-state index is 3.85. The van der Waals surface area contributed by atoms with Gasteiger partial charge in [-0.2, -0.15) is 0 Å². The molecule has 0 amide bonds. The van der Waals surface area contributed by atoms with Crippen LogP contribution < -0.4 is 5.32 Å². The monoisotopic (exact) mass is 239 g/mol. The molecular formula is C16H33N. The third kappa shape index (κ3) is 4.28. The molecule has 1 aliphatic carbocycles. The van der Waals surface area contributed by atoms with Gasteiger partial charge < -0.3 is 5.32 Å². The Labute approximate surface area is 109 Å². The lowest BCUT2D eigenvalue weighted by Crippen LogP contribution is -2.48. The Morgan fingerprint density at radius 2 is 1.94 bits per heavy atom. The van der Waals surface area contributed by atoms with Gasteiger partial charge in [-0.3, -0.25) is 0 Å². The molecule has 1 N–H and O–H groups in total. The van der Waals surface area contributed by atoms with Crippen molar-refractivity contribution in [1.29, 1.82) is 0 Å². The highest BCUT2D eigenvalue weighted by Crippen LogP contribution is 2.38.